The molecule has 60 heavy (non-hydrogen) atoms. The van der Waals surface area contributed by atoms with Gasteiger partial charge in [0.25, 0.3) is 0 Å². The molecule has 0 atom stereocenters. The lowest BCUT2D eigenvalue weighted by Gasteiger charge is -2.03. The summed E-state index contributed by atoms with van der Waals surface area (Å²) in [6, 6.07) is 15.2. The second-order valence-corrected chi connectivity index (χ2v) is 12.1. The minimum atomic E-state index is -0.611. The average Bonchev–Trinajstić information content (AvgIpc) is 3.19. The normalized spacial score (nSPS) is 10.5. The van der Waals surface area contributed by atoms with Gasteiger partial charge < -0.3 is 82.2 Å². The van der Waals surface area contributed by atoms with Crippen molar-refractivity contribution in [2.75, 3.05) is 0 Å². The first-order chi connectivity index (χ1) is 27.9. The van der Waals surface area contributed by atoms with Crippen LogP contribution in [0.1, 0.15) is 72.0 Å². The number of rotatable bonds is 5. The van der Waals surface area contributed by atoms with Crippen LogP contribution in [-0.2, 0) is 0 Å². The summed E-state index contributed by atoms with van der Waals surface area (Å²) in [6.07, 6.45) is 0. The van der Waals surface area contributed by atoms with Crippen LogP contribution in [0.2, 0.25) is 0 Å². The van der Waals surface area contributed by atoms with Crippen molar-refractivity contribution in [2.45, 2.75) is 34.6 Å². The molecule has 0 heterocycles. The highest BCUT2D eigenvalue weighted by atomic mass is 16.4. The summed E-state index contributed by atoms with van der Waals surface area (Å²) in [6.45, 7) is 7.29. The zero-order valence-corrected chi connectivity index (χ0v) is 32.3. The molecular weight excluding hydrogens is 794 g/mol. The Labute approximate surface area is 340 Å². The van der Waals surface area contributed by atoms with Crippen LogP contribution in [0.15, 0.2) is 83.1 Å². The Morgan fingerprint density at radius 3 is 0.933 bits per heavy atom. The lowest BCUT2D eigenvalue weighted by atomic mass is 10.1. The zero-order valence-electron chi connectivity index (χ0n) is 32.3. The maximum atomic E-state index is 10.8. The zero-order chi connectivity index (χ0) is 46.2. The number of phenols is 13. The highest BCUT2D eigenvalue weighted by molar-refractivity contribution is 6.00. The summed E-state index contributed by atoms with van der Waals surface area (Å²) < 4.78 is 0. The molecule has 0 aliphatic rings. The third kappa shape index (κ3) is 14.5. The molecule has 0 spiro atoms. The van der Waals surface area contributed by atoms with Gasteiger partial charge in [-0.1, -0.05) is 10.3 Å². The Bertz CT molecular complexity index is 2270. The first-order valence-electron chi connectivity index (χ1n) is 16.6. The molecule has 0 saturated heterocycles. The fourth-order valence-corrected chi connectivity index (χ4v) is 4.05. The maximum Gasteiger partial charge on any atom is 0.200 e. The molecule has 0 saturated carbocycles. The quantitative estimate of drug-likeness (QED) is 0.0327. The number of phenolic OH excluding ortho intramolecular Hbond substituents is 13. The lowest BCUT2D eigenvalue weighted by molar-refractivity contribution is 0.100. The molecule has 0 aliphatic heterocycles. The molecular formula is C40H43N3O17. The number of hydrogen-bond acceptors (Lipinski definition) is 20. The highest BCUT2D eigenvalue weighted by Crippen LogP contribution is 2.37. The van der Waals surface area contributed by atoms with Crippen molar-refractivity contribution in [2.24, 2.45) is 10.3 Å². The van der Waals surface area contributed by atoms with Crippen molar-refractivity contribution in [3.8, 4) is 74.7 Å². The van der Waals surface area contributed by atoms with E-state index in [0.717, 1.165) is 12.1 Å². The molecule has 5 rings (SSSR count). The van der Waals surface area contributed by atoms with Crippen molar-refractivity contribution < 1.29 is 86.4 Å². The van der Waals surface area contributed by atoms with E-state index < -0.39 is 51.7 Å². The van der Waals surface area contributed by atoms with Crippen LogP contribution in [-0.4, -0.2) is 106 Å². The van der Waals surface area contributed by atoms with Gasteiger partial charge in [0.1, 0.15) is 0 Å². The fourth-order valence-electron chi connectivity index (χ4n) is 4.05. The van der Waals surface area contributed by atoms with Crippen LogP contribution in [0.25, 0.3) is 0 Å². The molecule has 0 aliphatic carbocycles. The van der Waals surface area contributed by atoms with Crippen LogP contribution >= 0.6 is 0 Å². The summed E-state index contributed by atoms with van der Waals surface area (Å²) in [5.74, 6) is -5.84. The summed E-state index contributed by atoms with van der Waals surface area (Å²) in [7, 11) is 0. The second-order valence-electron chi connectivity index (χ2n) is 12.1. The Kier molecular flexibility index (Phi) is 18.4. The molecule has 16 N–H and O–H groups in total. The fraction of sp³-hybridized carbons (Fsp3) is 0.125. The summed E-state index contributed by atoms with van der Waals surface area (Å²) in [5.41, 5.74) is 2.63. The number of aromatic hydroxyl groups is 13. The van der Waals surface area contributed by atoms with Gasteiger partial charge in [0, 0.05) is 33.5 Å². The smallest absolute Gasteiger partial charge is 0.200 e. The molecule has 0 radical (unpaired) electrons. The van der Waals surface area contributed by atoms with Crippen LogP contribution in [0.5, 0.6) is 74.7 Å². The first kappa shape index (κ1) is 49.5. The van der Waals surface area contributed by atoms with Gasteiger partial charge in [-0.15, -0.1) is 0 Å². The summed E-state index contributed by atoms with van der Waals surface area (Å²) in [5, 5.41) is 147. The number of nitrogens with zero attached hydrogens (tertiary/aromatic N) is 2. The van der Waals surface area contributed by atoms with Gasteiger partial charge in [0.2, 0.25) is 0 Å². The molecule has 20 heteroatoms. The van der Waals surface area contributed by atoms with E-state index in [1.54, 1.807) is 13.0 Å². The number of carbonyl (C=O) groups is 2. The Morgan fingerprint density at radius 1 is 0.367 bits per heavy atom. The number of nitrogens with one attached hydrogen (secondary N) is 1. The molecule has 20 nitrogen and oxygen atoms in total. The third-order valence-corrected chi connectivity index (χ3v) is 7.54. The number of ketones is 2. The van der Waals surface area contributed by atoms with E-state index in [0.29, 0.717) is 28.0 Å². The highest BCUT2D eigenvalue weighted by Gasteiger charge is 2.12. The topological polar surface area (TPSA) is 386 Å². The largest absolute Gasteiger partial charge is 0.504 e. The van der Waals surface area contributed by atoms with E-state index >= 15 is 0 Å². The molecule has 0 fully saturated rings. The van der Waals surface area contributed by atoms with E-state index in [4.69, 9.17) is 82.2 Å². The van der Waals surface area contributed by atoms with Crippen LogP contribution < -0.4 is 0 Å². The minimum absolute atomic E-state index is 0.139. The van der Waals surface area contributed by atoms with Gasteiger partial charge in [0.05, 0.1) is 11.4 Å². The molecule has 5 aromatic rings. The first-order valence-corrected chi connectivity index (χ1v) is 16.6. The van der Waals surface area contributed by atoms with Gasteiger partial charge in [-0.05, 0) is 107 Å². The SMILES string of the molecule is C/C(=N/O)c1cc(O)c(O)c(O)c1.C/C(=N/O)c1ccc(O)c(O)c1.CC(=N)c1cc(O)c(O)c(O)c1.CC(=O)c1cc(O)c(O)c(O)c1.CC(=O)c1ccc(O)c(O)c1. The third-order valence-electron chi connectivity index (χ3n) is 7.54. The molecule has 0 unspecified atom stereocenters. The van der Waals surface area contributed by atoms with Crippen molar-refractivity contribution in [1.82, 2.24) is 0 Å². The van der Waals surface area contributed by atoms with E-state index in [1.807, 2.05) is 0 Å². The Morgan fingerprint density at radius 2 is 0.633 bits per heavy atom. The van der Waals surface area contributed by atoms with Gasteiger partial charge in [-0.2, -0.15) is 0 Å². The van der Waals surface area contributed by atoms with Crippen molar-refractivity contribution >= 4 is 28.7 Å². The Balaban J connectivity index is 0.000000375. The summed E-state index contributed by atoms with van der Waals surface area (Å²) in [4.78, 5) is 21.5. The molecule has 0 amide bonds. The second kappa shape index (κ2) is 22.3. The number of oxime groups is 2. The molecule has 5 aromatic carbocycles. The van der Waals surface area contributed by atoms with E-state index in [9.17, 15) is 9.59 Å². The van der Waals surface area contributed by atoms with E-state index in [-0.39, 0.29) is 51.6 Å². The Hall–Kier alpha value is -8.55. The lowest BCUT2D eigenvalue weighted by Crippen LogP contribution is -1.93. The van der Waals surface area contributed by atoms with Gasteiger partial charge in [-0.3, -0.25) is 9.59 Å². The van der Waals surface area contributed by atoms with Crippen LogP contribution in [0, 0.1) is 5.41 Å². The molecule has 0 aromatic heterocycles. The monoisotopic (exact) mass is 837 g/mol. The van der Waals surface area contributed by atoms with Crippen molar-refractivity contribution in [1.29, 1.82) is 5.41 Å². The van der Waals surface area contributed by atoms with Crippen molar-refractivity contribution in [3.05, 3.63) is 101 Å². The number of carbonyl (C=O) groups excluding carboxylic acids is 2. The maximum absolute atomic E-state index is 10.8. The number of Topliss-reactive ketones (excluding diaryl/α,β-unsaturated/α-hetero) is 2. The van der Waals surface area contributed by atoms with E-state index in [1.165, 1.54) is 82.3 Å². The van der Waals surface area contributed by atoms with E-state index in [2.05, 4.69) is 10.3 Å². The van der Waals surface area contributed by atoms with Gasteiger partial charge >= 0.3 is 0 Å². The van der Waals surface area contributed by atoms with Crippen LogP contribution in [0.3, 0.4) is 0 Å². The van der Waals surface area contributed by atoms with Crippen LogP contribution in [0.4, 0.5) is 0 Å². The number of benzene rings is 5. The number of hydrogen-bond donors (Lipinski definition) is 16. The molecule has 0 bridgehead atoms. The average molecular weight is 838 g/mol. The van der Waals surface area contributed by atoms with Crippen molar-refractivity contribution in [3.63, 3.8) is 0 Å². The molecule has 320 valence electrons. The minimum Gasteiger partial charge on any atom is -0.504 e. The predicted molar refractivity (Wildman–Crippen MR) is 214 cm³/mol. The predicted octanol–water partition coefficient (Wildman–Crippen LogP) is 5.80. The standard InChI is InChI=1S/C8H9NO4.2C8H9NO3.C8H8O4.C8H8O3/c1-4(9-13)5-2-6(10)8(12)7(11)3-5;1-4(9)5-2-6(10)8(12)7(11)3-5;1-5(9-12)6-2-3-7(10)8(11)4-6;1-4(9)5-2-6(10)8(12)7(11)3-5;1-5(9)6-2-3-7(10)8(11)4-6/h2-3,10-13H,1H3;2-3,9-12H,1H3;2-4,10-12H,1H3;2-3,10-12H,1H3;2-4,10-11H,1H3/b9-4-;;9-5-;;. The van der Waals surface area contributed by atoms with Gasteiger partial charge in [0.15, 0.2) is 86.3 Å². The van der Waals surface area contributed by atoms with Gasteiger partial charge in [-0.25, -0.2) is 0 Å². The summed E-state index contributed by atoms with van der Waals surface area (Å²) >= 11 is 0.